The fourth-order valence-electron chi connectivity index (χ4n) is 4.26. The van der Waals surface area contributed by atoms with Gasteiger partial charge in [-0.15, -0.1) is 0 Å². The van der Waals surface area contributed by atoms with Crippen LogP contribution >= 0.6 is 7.82 Å². The average molecular weight is 581 g/mol. The summed E-state index contributed by atoms with van der Waals surface area (Å²) in [6, 6.07) is 0. The van der Waals surface area contributed by atoms with E-state index < -0.39 is 69.2 Å². The summed E-state index contributed by atoms with van der Waals surface area (Å²) in [5, 5.41) is 20.1. The number of nitrogens with two attached hydrogens (primary N) is 2. The van der Waals surface area contributed by atoms with Crippen LogP contribution in [0.15, 0.2) is 22.2 Å². The first-order chi connectivity index (χ1) is 18.0. The van der Waals surface area contributed by atoms with Crippen molar-refractivity contribution in [2.75, 3.05) is 24.7 Å². The van der Waals surface area contributed by atoms with Crippen molar-refractivity contribution in [2.24, 2.45) is 0 Å². The molecule has 0 aliphatic carbocycles. The summed E-state index contributed by atoms with van der Waals surface area (Å²) < 4.78 is 36.6. The molecule has 0 bridgehead atoms. The zero-order chi connectivity index (χ0) is 27.2. The Bertz CT molecular complexity index is 1500. The number of aromatic amines is 1. The van der Waals surface area contributed by atoms with Crippen LogP contribution in [0.2, 0.25) is 0 Å². The number of imidazole rings is 1. The van der Waals surface area contributed by atoms with Crippen molar-refractivity contribution in [2.45, 2.75) is 49.7 Å². The Balaban J connectivity index is 0.00000353. The third kappa shape index (κ3) is 6.23. The van der Waals surface area contributed by atoms with Gasteiger partial charge in [-0.25, -0.2) is 19.3 Å². The van der Waals surface area contributed by atoms with Gasteiger partial charge in [-0.2, -0.15) is 9.97 Å². The van der Waals surface area contributed by atoms with Crippen LogP contribution in [0.4, 0.5) is 11.9 Å². The Hall–Kier alpha value is -2.29. The molecule has 3 aromatic heterocycles. The van der Waals surface area contributed by atoms with E-state index in [1.807, 2.05) is 0 Å². The number of aliphatic hydroxyl groups excluding tert-OH is 2. The van der Waals surface area contributed by atoms with Crippen molar-refractivity contribution in [1.82, 2.24) is 34.1 Å². The van der Waals surface area contributed by atoms with Gasteiger partial charge in [-0.1, -0.05) is 0 Å². The second-order valence-corrected chi connectivity index (χ2v) is 9.97. The Morgan fingerprint density at radius 1 is 1.10 bits per heavy atom. The molecule has 0 radical (unpaired) electrons. The SMILES string of the molecule is Nc1ncn([C@H]2CC(OP(=O)(O)OC[C@H]3O[C@@H](n4cnc5c(=O)[nH]c(N)nc54)C[C@@H]3O)[C@@H](CO)O2)c(=O)n1.[NaH]. The fourth-order valence-corrected chi connectivity index (χ4v) is 5.22. The first-order valence-corrected chi connectivity index (χ1v) is 12.7. The number of H-pyrrole nitrogens is 1. The molecule has 0 amide bonds. The van der Waals surface area contributed by atoms with Crippen LogP contribution in [0.1, 0.15) is 25.3 Å². The molecule has 208 valence electrons. The number of phosphoric ester groups is 1. The molecule has 2 saturated heterocycles. The van der Waals surface area contributed by atoms with Crippen LogP contribution < -0.4 is 22.7 Å². The number of nitrogen functional groups attached to an aromatic ring is 2. The van der Waals surface area contributed by atoms with Gasteiger partial charge in [0.2, 0.25) is 11.9 Å². The number of nitrogens with one attached hydrogen (secondary N) is 1. The molecule has 2 fully saturated rings. The van der Waals surface area contributed by atoms with Crippen molar-refractivity contribution >= 4 is 60.4 Å². The summed E-state index contributed by atoms with van der Waals surface area (Å²) in [5.41, 5.74) is 9.82. The average Bonchev–Trinajstić information content (AvgIpc) is 3.54. The zero-order valence-electron chi connectivity index (χ0n) is 19.4. The molecule has 19 nitrogen and oxygen atoms in total. The van der Waals surface area contributed by atoms with E-state index in [9.17, 15) is 29.3 Å². The monoisotopic (exact) mass is 581 g/mol. The van der Waals surface area contributed by atoms with Gasteiger partial charge < -0.3 is 36.0 Å². The van der Waals surface area contributed by atoms with Gasteiger partial charge in [-0.3, -0.25) is 28.0 Å². The first kappa shape index (κ1) is 29.7. The number of phosphoric acid groups is 1. The molecule has 5 rings (SSSR count). The van der Waals surface area contributed by atoms with Crippen molar-refractivity contribution in [3.05, 3.63) is 33.5 Å². The second-order valence-electron chi connectivity index (χ2n) is 8.57. The van der Waals surface area contributed by atoms with Gasteiger partial charge in [0.25, 0.3) is 5.56 Å². The van der Waals surface area contributed by atoms with Crippen LogP contribution in [-0.4, -0.2) is 116 Å². The van der Waals surface area contributed by atoms with E-state index in [0.717, 1.165) is 10.9 Å². The molecular weight excluding hydrogens is 556 g/mol. The molecule has 7 atom stereocenters. The number of hydrogen-bond acceptors (Lipinski definition) is 15. The quantitative estimate of drug-likeness (QED) is 0.112. The maximum atomic E-state index is 12.7. The molecule has 3 aromatic rings. The van der Waals surface area contributed by atoms with E-state index in [1.165, 1.54) is 10.9 Å². The first-order valence-electron chi connectivity index (χ1n) is 11.2. The van der Waals surface area contributed by atoms with Crippen molar-refractivity contribution in [3.8, 4) is 0 Å². The minimum atomic E-state index is -4.76. The molecule has 8 N–H and O–H groups in total. The number of anilines is 2. The molecule has 5 heterocycles. The molecule has 0 aromatic carbocycles. The summed E-state index contributed by atoms with van der Waals surface area (Å²) in [6.07, 6.45) is -3.86. The Labute approximate surface area is 240 Å². The molecule has 0 spiro atoms. The van der Waals surface area contributed by atoms with E-state index in [1.54, 1.807) is 0 Å². The molecule has 2 aliphatic rings. The van der Waals surface area contributed by atoms with E-state index in [0.29, 0.717) is 0 Å². The molecule has 21 heteroatoms. The molecular formula is C18H25N9NaO10P. The number of fused-ring (bicyclic) bond motifs is 1. The number of aromatic nitrogens is 7. The molecule has 39 heavy (non-hydrogen) atoms. The summed E-state index contributed by atoms with van der Waals surface area (Å²) >= 11 is 0. The Morgan fingerprint density at radius 3 is 2.51 bits per heavy atom. The van der Waals surface area contributed by atoms with Crippen molar-refractivity contribution in [1.29, 1.82) is 0 Å². The van der Waals surface area contributed by atoms with Crippen molar-refractivity contribution < 1.29 is 38.2 Å². The zero-order valence-corrected chi connectivity index (χ0v) is 20.3. The van der Waals surface area contributed by atoms with Crippen LogP contribution in [-0.2, 0) is 23.1 Å². The second kappa shape index (κ2) is 11.7. The van der Waals surface area contributed by atoms with E-state index in [-0.39, 0.29) is 65.5 Å². The normalized spacial score (nSPS) is 28.4. The number of rotatable bonds is 8. The van der Waals surface area contributed by atoms with E-state index >= 15 is 0 Å². The number of aliphatic hydroxyl groups is 2. The predicted octanol–water partition coefficient (Wildman–Crippen LogP) is -3.28. The maximum absolute atomic E-state index is 12.7. The fraction of sp³-hybridized carbons (Fsp3) is 0.556. The standard InChI is InChI=1S/C18H24N9O10P.Na.H/c19-16-22-6-27(18(31)25-16)12-2-8(9(3-28)35-12)37-38(32,33)34-4-10-7(29)1-11(36-10)26-5-21-13-14(26)23-17(20)24-15(13)30;;/h5-12,28-29H,1-4H2,(H,32,33)(H2,19,25,31)(H3,20,23,24,30);;/t7-,8?,9+,10+,11+,12+;;/m0../s1. The van der Waals surface area contributed by atoms with Gasteiger partial charge >= 0.3 is 43.1 Å². The van der Waals surface area contributed by atoms with Gasteiger partial charge in [0.1, 0.15) is 37.1 Å². The van der Waals surface area contributed by atoms with Crippen molar-refractivity contribution in [3.63, 3.8) is 0 Å². The van der Waals surface area contributed by atoms with Gasteiger partial charge in [0, 0.05) is 12.8 Å². The molecule has 2 aliphatic heterocycles. The molecule has 2 unspecified atom stereocenters. The molecule has 0 saturated carbocycles. The van der Waals surface area contributed by atoms with Gasteiger partial charge in [0.05, 0.1) is 25.6 Å². The summed E-state index contributed by atoms with van der Waals surface area (Å²) in [4.78, 5) is 51.9. The summed E-state index contributed by atoms with van der Waals surface area (Å²) in [6.45, 7) is -1.13. The van der Waals surface area contributed by atoms with Crippen LogP contribution in [0, 0.1) is 0 Å². The van der Waals surface area contributed by atoms with Crippen LogP contribution in [0.5, 0.6) is 0 Å². The third-order valence-corrected chi connectivity index (χ3v) is 7.06. The number of ether oxygens (including phenoxy) is 2. The predicted molar refractivity (Wildman–Crippen MR) is 131 cm³/mol. The van der Waals surface area contributed by atoms with Crippen LogP contribution in [0.3, 0.4) is 0 Å². The Morgan fingerprint density at radius 2 is 1.79 bits per heavy atom. The van der Waals surface area contributed by atoms with Gasteiger partial charge in [-0.05, 0) is 0 Å². The third-order valence-electron chi connectivity index (χ3n) is 6.05. The van der Waals surface area contributed by atoms with E-state index in [2.05, 4.69) is 24.9 Å². The van der Waals surface area contributed by atoms with Gasteiger partial charge in [0.15, 0.2) is 11.2 Å². The Kier molecular flexibility index (Phi) is 8.89. The minimum absolute atomic E-state index is 0. The topological polar surface area (TPSA) is 278 Å². The number of hydrogen-bond donors (Lipinski definition) is 6. The van der Waals surface area contributed by atoms with Crippen LogP contribution in [0.25, 0.3) is 11.2 Å². The van der Waals surface area contributed by atoms with E-state index in [4.69, 9.17) is 30.0 Å². The number of nitrogens with zero attached hydrogens (tertiary/aromatic N) is 6. The summed E-state index contributed by atoms with van der Waals surface area (Å²) in [7, 11) is -4.76. The summed E-state index contributed by atoms with van der Waals surface area (Å²) in [5.74, 6) is -0.369.